The van der Waals surface area contributed by atoms with Gasteiger partial charge in [-0.05, 0) is 55.5 Å². The summed E-state index contributed by atoms with van der Waals surface area (Å²) in [4.78, 5) is 0.221. The van der Waals surface area contributed by atoms with Crippen molar-refractivity contribution in [3.8, 4) is 0 Å². The Morgan fingerprint density at radius 1 is 0.938 bits per heavy atom. The summed E-state index contributed by atoms with van der Waals surface area (Å²) >= 11 is 12.4. The molecule has 8 heteroatoms. The van der Waals surface area contributed by atoms with Crippen LogP contribution in [0.2, 0.25) is 10.0 Å². The molecular weight excluding hydrogens is 467 g/mol. The molecule has 0 saturated heterocycles. The molecule has 0 bridgehead atoms. The molecule has 0 saturated carbocycles. The Hall–Kier alpha value is -2.09. The fraction of sp³-hybridized carbons (Fsp3) is 0.250. The van der Waals surface area contributed by atoms with E-state index in [9.17, 15) is 13.5 Å². The lowest BCUT2D eigenvalue weighted by atomic mass is 10.1. The van der Waals surface area contributed by atoms with Gasteiger partial charge in [0.25, 0.3) is 0 Å². The van der Waals surface area contributed by atoms with Crippen LogP contribution in [0.4, 0.5) is 0 Å². The van der Waals surface area contributed by atoms with Gasteiger partial charge in [-0.3, -0.25) is 0 Å². The molecule has 1 N–H and O–H groups in total. The van der Waals surface area contributed by atoms with Crippen molar-refractivity contribution < 1.29 is 13.5 Å². The Morgan fingerprint density at radius 3 is 1.97 bits per heavy atom. The molecule has 168 valence electrons. The van der Waals surface area contributed by atoms with Gasteiger partial charge in [0.15, 0.2) is 0 Å². The zero-order valence-corrected chi connectivity index (χ0v) is 20.1. The molecular formula is C24H24Cl2N2O3S. The number of aliphatic hydroxyl groups is 1. The van der Waals surface area contributed by atoms with E-state index in [-0.39, 0.29) is 24.5 Å². The first-order valence-corrected chi connectivity index (χ1v) is 12.5. The van der Waals surface area contributed by atoms with Crippen molar-refractivity contribution in [1.82, 2.24) is 8.87 Å². The summed E-state index contributed by atoms with van der Waals surface area (Å²) < 4.78 is 29.5. The molecule has 32 heavy (non-hydrogen) atoms. The number of nitrogens with zero attached hydrogens (tertiary/aromatic N) is 2. The van der Waals surface area contributed by atoms with Gasteiger partial charge in [-0.15, -0.1) is 0 Å². The molecule has 4 rings (SSSR count). The minimum absolute atomic E-state index is 0.0188. The fourth-order valence-corrected chi connectivity index (χ4v) is 5.84. The maximum Gasteiger partial charge on any atom is 0.243 e. The summed E-state index contributed by atoms with van der Waals surface area (Å²) in [5.74, 6) is 0. The van der Waals surface area contributed by atoms with Crippen molar-refractivity contribution in [3.63, 3.8) is 0 Å². The molecule has 0 aliphatic carbocycles. The third-order valence-corrected chi connectivity index (χ3v) is 8.03. The lowest BCUT2D eigenvalue weighted by Crippen LogP contribution is -2.38. The van der Waals surface area contributed by atoms with Gasteiger partial charge in [0.05, 0.1) is 17.5 Å². The maximum absolute atomic E-state index is 13.1. The van der Waals surface area contributed by atoms with Crippen molar-refractivity contribution in [2.24, 2.45) is 0 Å². The summed E-state index contributed by atoms with van der Waals surface area (Å²) in [7, 11) is -3.71. The van der Waals surface area contributed by atoms with Crippen LogP contribution < -0.4 is 0 Å². The van der Waals surface area contributed by atoms with E-state index < -0.39 is 16.1 Å². The molecule has 0 spiro atoms. The van der Waals surface area contributed by atoms with E-state index in [1.807, 2.05) is 35.8 Å². The number of hydrogen-bond donors (Lipinski definition) is 1. The lowest BCUT2D eigenvalue weighted by molar-refractivity contribution is 0.131. The second kappa shape index (κ2) is 9.04. The number of hydrogen-bond acceptors (Lipinski definition) is 3. The zero-order valence-electron chi connectivity index (χ0n) is 17.8. The largest absolute Gasteiger partial charge is 0.390 e. The highest BCUT2D eigenvalue weighted by Gasteiger charge is 2.26. The normalized spacial score (nSPS) is 13.3. The number of likely N-dealkylation sites (N-methyl/N-ethyl adjacent to an activating group) is 1. The van der Waals surface area contributed by atoms with Gasteiger partial charge in [-0.1, -0.05) is 47.8 Å². The molecule has 0 aliphatic rings. The first-order chi connectivity index (χ1) is 15.2. The van der Waals surface area contributed by atoms with E-state index in [4.69, 9.17) is 23.2 Å². The van der Waals surface area contributed by atoms with Gasteiger partial charge in [-0.2, -0.15) is 4.31 Å². The van der Waals surface area contributed by atoms with Crippen molar-refractivity contribution in [2.45, 2.75) is 31.4 Å². The SMILES string of the molecule is CCN(C[C@@H](O)Cn1c2ccc(Cl)cc2c2cc(Cl)ccc21)S(=O)(=O)c1ccc(C)cc1. The predicted octanol–water partition coefficient (Wildman–Crippen LogP) is 5.48. The second-order valence-electron chi connectivity index (χ2n) is 7.86. The highest BCUT2D eigenvalue weighted by Crippen LogP contribution is 2.33. The molecule has 1 aromatic heterocycles. The van der Waals surface area contributed by atoms with E-state index in [0.29, 0.717) is 10.0 Å². The van der Waals surface area contributed by atoms with Crippen LogP contribution in [0.15, 0.2) is 65.6 Å². The highest BCUT2D eigenvalue weighted by molar-refractivity contribution is 7.89. The van der Waals surface area contributed by atoms with Gasteiger partial charge in [0.2, 0.25) is 10.0 Å². The average Bonchev–Trinajstić information content (AvgIpc) is 3.04. The van der Waals surface area contributed by atoms with Crippen LogP contribution in [0.5, 0.6) is 0 Å². The van der Waals surface area contributed by atoms with Gasteiger partial charge in [0.1, 0.15) is 0 Å². The van der Waals surface area contributed by atoms with Crippen molar-refractivity contribution >= 4 is 55.0 Å². The Morgan fingerprint density at radius 2 is 1.47 bits per heavy atom. The number of benzene rings is 3. The Kier molecular flexibility index (Phi) is 6.52. The van der Waals surface area contributed by atoms with E-state index >= 15 is 0 Å². The van der Waals surface area contributed by atoms with E-state index in [0.717, 1.165) is 27.4 Å². The Bertz CT molecular complexity index is 1320. The van der Waals surface area contributed by atoms with Gasteiger partial charge < -0.3 is 9.67 Å². The molecule has 4 aromatic rings. The predicted molar refractivity (Wildman–Crippen MR) is 131 cm³/mol. The smallest absolute Gasteiger partial charge is 0.243 e. The maximum atomic E-state index is 13.1. The van der Waals surface area contributed by atoms with E-state index in [1.165, 1.54) is 4.31 Å². The topological polar surface area (TPSA) is 62.5 Å². The lowest BCUT2D eigenvalue weighted by Gasteiger charge is -2.24. The molecule has 0 amide bonds. The number of aromatic nitrogens is 1. The summed E-state index contributed by atoms with van der Waals surface area (Å²) in [6.07, 6.45) is -0.916. The van der Waals surface area contributed by atoms with Crippen LogP contribution in [-0.4, -0.2) is 41.6 Å². The summed E-state index contributed by atoms with van der Waals surface area (Å²) in [5.41, 5.74) is 2.78. The van der Waals surface area contributed by atoms with Gasteiger partial charge >= 0.3 is 0 Å². The number of fused-ring (bicyclic) bond motifs is 3. The van der Waals surface area contributed by atoms with Crippen LogP contribution in [-0.2, 0) is 16.6 Å². The third-order valence-electron chi connectivity index (χ3n) is 5.61. The van der Waals surface area contributed by atoms with Crippen molar-refractivity contribution in [2.75, 3.05) is 13.1 Å². The minimum atomic E-state index is -3.71. The molecule has 0 aliphatic heterocycles. The number of aryl methyl sites for hydroxylation is 1. The van der Waals surface area contributed by atoms with E-state index in [1.54, 1.807) is 43.3 Å². The van der Waals surface area contributed by atoms with Crippen LogP contribution in [0, 0.1) is 6.92 Å². The highest BCUT2D eigenvalue weighted by atomic mass is 35.5. The molecule has 0 unspecified atom stereocenters. The molecule has 1 atom stereocenters. The number of aliphatic hydroxyl groups excluding tert-OH is 1. The second-order valence-corrected chi connectivity index (χ2v) is 10.7. The summed E-state index contributed by atoms with van der Waals surface area (Å²) in [6, 6.07) is 17.9. The third kappa shape index (κ3) is 4.38. The number of rotatable bonds is 7. The molecule has 0 radical (unpaired) electrons. The van der Waals surface area contributed by atoms with Crippen LogP contribution in [0.25, 0.3) is 21.8 Å². The number of sulfonamides is 1. The Balaban J connectivity index is 1.66. The first kappa shape index (κ1) is 23.1. The minimum Gasteiger partial charge on any atom is -0.390 e. The van der Waals surface area contributed by atoms with Crippen molar-refractivity contribution in [3.05, 3.63) is 76.3 Å². The molecule has 1 heterocycles. The monoisotopic (exact) mass is 490 g/mol. The van der Waals surface area contributed by atoms with Crippen LogP contribution >= 0.6 is 23.2 Å². The first-order valence-electron chi connectivity index (χ1n) is 10.3. The van der Waals surface area contributed by atoms with Crippen LogP contribution in [0.1, 0.15) is 12.5 Å². The Labute approximate surface area is 197 Å². The van der Waals surface area contributed by atoms with Crippen LogP contribution in [0.3, 0.4) is 0 Å². The van der Waals surface area contributed by atoms with Gasteiger partial charge in [0, 0.05) is 44.9 Å². The van der Waals surface area contributed by atoms with Crippen molar-refractivity contribution in [1.29, 1.82) is 0 Å². The summed E-state index contributed by atoms with van der Waals surface area (Å²) in [5, 5.41) is 14.0. The zero-order chi connectivity index (χ0) is 23.0. The molecule has 0 fully saturated rings. The summed E-state index contributed by atoms with van der Waals surface area (Å²) in [6.45, 7) is 4.14. The molecule has 3 aromatic carbocycles. The molecule has 5 nitrogen and oxygen atoms in total. The quantitative estimate of drug-likeness (QED) is 0.372. The van der Waals surface area contributed by atoms with E-state index in [2.05, 4.69) is 0 Å². The van der Waals surface area contributed by atoms with Gasteiger partial charge in [-0.25, -0.2) is 8.42 Å². The standard InChI is InChI=1S/C24H24Cl2N2O3S/c1-3-27(32(30,31)20-8-4-16(2)5-9-20)14-19(29)15-28-23-10-6-17(25)12-21(23)22-13-18(26)7-11-24(22)28/h4-13,19,29H,3,14-15H2,1-2H3/t19-/m1/s1. The fourth-order valence-electron chi connectivity index (χ4n) is 4.01. The average molecular weight is 491 g/mol. The number of halogens is 2.